The molecule has 0 saturated heterocycles. The van der Waals surface area contributed by atoms with E-state index in [0.717, 1.165) is 5.56 Å². The number of rotatable bonds is 4. The van der Waals surface area contributed by atoms with Gasteiger partial charge in [0.15, 0.2) is 0 Å². The summed E-state index contributed by atoms with van der Waals surface area (Å²) in [7, 11) is 1.61. The highest BCUT2D eigenvalue weighted by molar-refractivity contribution is 5.92. The summed E-state index contributed by atoms with van der Waals surface area (Å²) in [6, 6.07) is 7.13. The van der Waals surface area contributed by atoms with E-state index in [1.807, 2.05) is 45.0 Å². The van der Waals surface area contributed by atoms with Gasteiger partial charge in [0, 0.05) is 5.70 Å². The first-order valence-electron chi connectivity index (χ1n) is 7.73. The first-order valence-corrected chi connectivity index (χ1v) is 7.73. The highest BCUT2D eigenvalue weighted by Gasteiger charge is 2.34. The molecule has 1 aromatic carbocycles. The van der Waals surface area contributed by atoms with Gasteiger partial charge in [-0.3, -0.25) is 0 Å². The van der Waals surface area contributed by atoms with E-state index in [1.165, 1.54) is 6.33 Å². The van der Waals surface area contributed by atoms with Crippen LogP contribution in [0, 0.1) is 0 Å². The molecule has 0 fully saturated rings. The summed E-state index contributed by atoms with van der Waals surface area (Å²) in [4.78, 5) is 16.9. The van der Waals surface area contributed by atoms with Gasteiger partial charge in [0.05, 0.1) is 18.8 Å². The molecule has 0 aliphatic carbocycles. The number of anilines is 1. The fourth-order valence-electron chi connectivity index (χ4n) is 2.75. The number of aromatic nitrogens is 3. The SMILES string of the molecule is COc1cccc([C@@H]2C(C(=O)OC(C)C)=C(C)Nc3ncnn32)c1. The molecule has 2 aromatic rings. The lowest BCUT2D eigenvalue weighted by molar-refractivity contribution is -0.143. The molecule has 0 amide bonds. The topological polar surface area (TPSA) is 78.3 Å². The molecule has 126 valence electrons. The monoisotopic (exact) mass is 328 g/mol. The van der Waals surface area contributed by atoms with Crippen LogP contribution in [0.4, 0.5) is 5.95 Å². The first kappa shape index (κ1) is 16.0. The van der Waals surface area contributed by atoms with E-state index in [2.05, 4.69) is 15.4 Å². The summed E-state index contributed by atoms with van der Waals surface area (Å²) in [5.74, 6) is 0.923. The Morgan fingerprint density at radius 1 is 1.38 bits per heavy atom. The molecule has 0 saturated carbocycles. The van der Waals surface area contributed by atoms with Crippen molar-refractivity contribution in [3.63, 3.8) is 0 Å². The minimum Gasteiger partial charge on any atom is -0.497 e. The first-order chi connectivity index (χ1) is 11.5. The normalized spacial score (nSPS) is 16.6. The Kier molecular flexibility index (Phi) is 4.24. The van der Waals surface area contributed by atoms with Crippen molar-refractivity contribution < 1.29 is 14.3 Å². The van der Waals surface area contributed by atoms with Crippen LogP contribution in [-0.4, -0.2) is 33.9 Å². The maximum absolute atomic E-state index is 12.7. The molecule has 1 aliphatic heterocycles. The number of esters is 1. The van der Waals surface area contributed by atoms with Crippen LogP contribution in [0.1, 0.15) is 32.4 Å². The van der Waals surface area contributed by atoms with Crippen molar-refractivity contribution in [1.82, 2.24) is 14.8 Å². The smallest absolute Gasteiger partial charge is 0.338 e. The van der Waals surface area contributed by atoms with Crippen LogP contribution in [0.2, 0.25) is 0 Å². The van der Waals surface area contributed by atoms with Crippen molar-refractivity contribution >= 4 is 11.9 Å². The van der Waals surface area contributed by atoms with Crippen molar-refractivity contribution in [2.75, 3.05) is 12.4 Å². The van der Waals surface area contributed by atoms with Crippen molar-refractivity contribution in [2.24, 2.45) is 0 Å². The lowest BCUT2D eigenvalue weighted by atomic mass is 9.95. The van der Waals surface area contributed by atoms with Crippen molar-refractivity contribution in [2.45, 2.75) is 32.9 Å². The quantitative estimate of drug-likeness (QED) is 0.869. The Balaban J connectivity index is 2.12. The second kappa shape index (κ2) is 6.35. The summed E-state index contributed by atoms with van der Waals surface area (Å²) < 4.78 is 12.4. The highest BCUT2D eigenvalue weighted by atomic mass is 16.5. The average Bonchev–Trinajstić information content (AvgIpc) is 3.00. The zero-order valence-electron chi connectivity index (χ0n) is 14.1. The number of hydrogen-bond donors (Lipinski definition) is 1. The van der Waals surface area contributed by atoms with E-state index < -0.39 is 6.04 Å². The maximum atomic E-state index is 12.7. The third-order valence-electron chi connectivity index (χ3n) is 3.77. The average molecular weight is 328 g/mol. The summed E-state index contributed by atoms with van der Waals surface area (Å²) >= 11 is 0. The van der Waals surface area contributed by atoms with Gasteiger partial charge in [-0.05, 0) is 38.5 Å². The zero-order valence-corrected chi connectivity index (χ0v) is 14.1. The minimum absolute atomic E-state index is 0.207. The van der Waals surface area contributed by atoms with Crippen LogP contribution >= 0.6 is 0 Å². The predicted molar refractivity (Wildman–Crippen MR) is 88.7 cm³/mol. The van der Waals surface area contributed by atoms with E-state index in [1.54, 1.807) is 11.8 Å². The lowest BCUT2D eigenvalue weighted by Gasteiger charge is -2.28. The van der Waals surface area contributed by atoms with Crippen LogP contribution < -0.4 is 10.1 Å². The van der Waals surface area contributed by atoms with Crippen molar-refractivity contribution in [3.8, 4) is 5.75 Å². The van der Waals surface area contributed by atoms with Gasteiger partial charge in [-0.25, -0.2) is 9.48 Å². The molecule has 2 heterocycles. The van der Waals surface area contributed by atoms with E-state index in [9.17, 15) is 4.79 Å². The maximum Gasteiger partial charge on any atom is 0.338 e. The number of fused-ring (bicyclic) bond motifs is 1. The minimum atomic E-state index is -0.426. The summed E-state index contributed by atoms with van der Waals surface area (Å²) in [6.07, 6.45) is 1.25. The molecule has 1 aliphatic rings. The number of allylic oxidation sites excluding steroid dienone is 1. The number of carbonyl (C=O) groups is 1. The Hall–Kier alpha value is -2.83. The van der Waals surface area contributed by atoms with Gasteiger partial charge in [0.25, 0.3) is 0 Å². The molecule has 24 heavy (non-hydrogen) atoms. The largest absolute Gasteiger partial charge is 0.497 e. The Labute approximate surface area is 140 Å². The molecule has 0 bridgehead atoms. The number of hydrogen-bond acceptors (Lipinski definition) is 6. The predicted octanol–water partition coefficient (Wildman–Crippen LogP) is 2.53. The van der Waals surface area contributed by atoms with E-state index >= 15 is 0 Å². The van der Waals surface area contributed by atoms with E-state index in [0.29, 0.717) is 23.0 Å². The highest BCUT2D eigenvalue weighted by Crippen LogP contribution is 2.36. The second-order valence-corrected chi connectivity index (χ2v) is 5.83. The lowest BCUT2D eigenvalue weighted by Crippen LogP contribution is -2.30. The fourth-order valence-corrected chi connectivity index (χ4v) is 2.75. The summed E-state index contributed by atoms with van der Waals surface area (Å²) in [6.45, 7) is 5.49. The third-order valence-corrected chi connectivity index (χ3v) is 3.77. The molecule has 1 aromatic heterocycles. The molecule has 1 atom stereocenters. The molecular weight excluding hydrogens is 308 g/mol. The zero-order chi connectivity index (χ0) is 17.3. The molecule has 1 N–H and O–H groups in total. The van der Waals surface area contributed by atoms with Gasteiger partial charge in [-0.2, -0.15) is 10.1 Å². The number of nitrogens with zero attached hydrogens (tertiary/aromatic N) is 3. The molecular formula is C17H20N4O3. The standard InChI is InChI=1S/C17H20N4O3/c1-10(2)24-16(22)14-11(3)20-17-18-9-19-21(17)15(14)12-6-5-7-13(8-12)23-4/h5-10,15H,1-4H3,(H,18,19,20)/t15-/m1/s1. The van der Waals surface area contributed by atoms with Crippen molar-refractivity contribution in [1.29, 1.82) is 0 Å². The molecule has 7 nitrogen and oxygen atoms in total. The summed E-state index contributed by atoms with van der Waals surface area (Å²) in [5, 5.41) is 7.39. The molecule has 0 unspecified atom stereocenters. The van der Waals surface area contributed by atoms with Crippen LogP contribution in [0.3, 0.4) is 0 Å². The second-order valence-electron chi connectivity index (χ2n) is 5.83. The number of ether oxygens (including phenoxy) is 2. The number of carbonyl (C=O) groups excluding carboxylic acids is 1. The molecule has 0 radical (unpaired) electrons. The van der Waals surface area contributed by atoms with Gasteiger partial charge in [0.2, 0.25) is 5.95 Å². The molecule has 7 heteroatoms. The molecule has 3 rings (SSSR count). The number of nitrogens with one attached hydrogen (secondary N) is 1. The van der Waals surface area contributed by atoms with E-state index in [4.69, 9.17) is 9.47 Å². The number of benzene rings is 1. The molecule has 0 spiro atoms. The van der Waals surface area contributed by atoms with Crippen molar-refractivity contribution in [3.05, 3.63) is 47.4 Å². The van der Waals surface area contributed by atoms with Gasteiger partial charge < -0.3 is 14.8 Å². The van der Waals surface area contributed by atoms with Crippen LogP contribution in [0.25, 0.3) is 0 Å². The van der Waals surface area contributed by atoms with Gasteiger partial charge in [-0.15, -0.1) is 0 Å². The van der Waals surface area contributed by atoms with Crippen LogP contribution in [-0.2, 0) is 9.53 Å². The van der Waals surface area contributed by atoms with Gasteiger partial charge in [0.1, 0.15) is 18.1 Å². The van der Waals surface area contributed by atoms with Gasteiger partial charge in [-0.1, -0.05) is 12.1 Å². The van der Waals surface area contributed by atoms with Gasteiger partial charge >= 0.3 is 5.97 Å². The summed E-state index contributed by atoms with van der Waals surface area (Å²) in [5.41, 5.74) is 2.08. The van der Waals surface area contributed by atoms with Crippen LogP contribution in [0.5, 0.6) is 5.75 Å². The van der Waals surface area contributed by atoms with E-state index in [-0.39, 0.29) is 12.1 Å². The Morgan fingerprint density at radius 2 is 2.17 bits per heavy atom. The number of methoxy groups -OCH3 is 1. The Morgan fingerprint density at radius 3 is 2.88 bits per heavy atom. The van der Waals surface area contributed by atoms with Crippen LogP contribution in [0.15, 0.2) is 41.9 Å². The Bertz CT molecular complexity index is 795. The third kappa shape index (κ3) is 2.84. The fraction of sp³-hybridized carbons (Fsp3) is 0.353.